The standard InChI is InChI=1S/C15H18FN5O2/c16-10-5-11-13(14(17)18-7-12(22)23)20-21(15(11)19-6-10)8-9-3-1-2-4-9/h5-6,9H,1-4,7-8H2,(H2,17,18)(H,22,23). The van der Waals surface area contributed by atoms with E-state index in [1.807, 2.05) is 0 Å². The van der Waals surface area contributed by atoms with Crippen LogP contribution in [0.4, 0.5) is 4.39 Å². The van der Waals surface area contributed by atoms with Gasteiger partial charge in [0, 0.05) is 6.54 Å². The summed E-state index contributed by atoms with van der Waals surface area (Å²) in [5.74, 6) is -1.08. The molecule has 1 aliphatic carbocycles. The van der Waals surface area contributed by atoms with Gasteiger partial charge in [-0.05, 0) is 24.8 Å². The van der Waals surface area contributed by atoms with Gasteiger partial charge in [0.25, 0.3) is 0 Å². The fourth-order valence-electron chi connectivity index (χ4n) is 3.02. The Bertz CT molecular complexity index is 765. The number of pyridine rings is 1. The molecule has 23 heavy (non-hydrogen) atoms. The van der Waals surface area contributed by atoms with Crippen LogP contribution in [0.3, 0.4) is 0 Å². The minimum absolute atomic E-state index is 0.0185. The minimum atomic E-state index is -1.09. The predicted octanol–water partition coefficient (Wildman–Crippen LogP) is 1.55. The summed E-state index contributed by atoms with van der Waals surface area (Å²) in [5.41, 5.74) is 6.67. The summed E-state index contributed by atoms with van der Waals surface area (Å²) < 4.78 is 15.3. The first-order valence-corrected chi connectivity index (χ1v) is 7.58. The van der Waals surface area contributed by atoms with Crippen molar-refractivity contribution in [1.82, 2.24) is 14.8 Å². The van der Waals surface area contributed by atoms with Crippen molar-refractivity contribution in [2.45, 2.75) is 32.2 Å². The third-order valence-corrected chi connectivity index (χ3v) is 4.09. The largest absolute Gasteiger partial charge is 0.480 e. The van der Waals surface area contributed by atoms with Crippen molar-refractivity contribution in [3.05, 3.63) is 23.8 Å². The van der Waals surface area contributed by atoms with E-state index in [4.69, 9.17) is 10.8 Å². The van der Waals surface area contributed by atoms with Crippen LogP contribution in [0.25, 0.3) is 11.0 Å². The number of hydrogen-bond donors (Lipinski definition) is 2. The Labute approximate surface area is 132 Å². The minimum Gasteiger partial charge on any atom is -0.480 e. The van der Waals surface area contributed by atoms with Crippen molar-refractivity contribution in [3.63, 3.8) is 0 Å². The second-order valence-corrected chi connectivity index (χ2v) is 5.80. The van der Waals surface area contributed by atoms with Gasteiger partial charge in [0.2, 0.25) is 0 Å². The monoisotopic (exact) mass is 319 g/mol. The van der Waals surface area contributed by atoms with Gasteiger partial charge in [0.05, 0.1) is 11.6 Å². The van der Waals surface area contributed by atoms with Crippen LogP contribution in [0.5, 0.6) is 0 Å². The maximum atomic E-state index is 13.5. The number of aromatic nitrogens is 3. The van der Waals surface area contributed by atoms with Gasteiger partial charge in [-0.15, -0.1) is 0 Å². The molecule has 0 radical (unpaired) electrons. The van der Waals surface area contributed by atoms with E-state index >= 15 is 0 Å². The highest BCUT2D eigenvalue weighted by molar-refractivity contribution is 6.06. The topological polar surface area (TPSA) is 106 Å². The molecule has 0 aromatic carbocycles. The van der Waals surface area contributed by atoms with E-state index in [1.165, 1.54) is 18.9 Å². The molecule has 2 heterocycles. The van der Waals surface area contributed by atoms with Crippen molar-refractivity contribution in [2.24, 2.45) is 16.6 Å². The maximum absolute atomic E-state index is 13.5. The Kier molecular flexibility index (Phi) is 4.22. The zero-order valence-electron chi connectivity index (χ0n) is 12.6. The van der Waals surface area contributed by atoms with Gasteiger partial charge >= 0.3 is 5.97 Å². The van der Waals surface area contributed by atoms with E-state index in [1.54, 1.807) is 4.68 Å². The van der Waals surface area contributed by atoms with E-state index in [2.05, 4.69) is 15.1 Å². The Hall–Kier alpha value is -2.51. The number of carboxylic acid groups (broad SMARTS) is 1. The molecule has 0 spiro atoms. The molecule has 1 saturated carbocycles. The van der Waals surface area contributed by atoms with Gasteiger partial charge in [-0.2, -0.15) is 5.10 Å². The number of halogens is 1. The molecule has 1 fully saturated rings. The average Bonchev–Trinajstić information content (AvgIpc) is 3.13. The SMILES string of the molecule is NC(=NCC(=O)O)c1nn(CC2CCCC2)c2ncc(F)cc12. The molecule has 2 aromatic rings. The predicted molar refractivity (Wildman–Crippen MR) is 82.7 cm³/mol. The highest BCUT2D eigenvalue weighted by Gasteiger charge is 2.20. The van der Waals surface area contributed by atoms with Crippen LogP contribution < -0.4 is 5.73 Å². The molecule has 0 unspecified atom stereocenters. The highest BCUT2D eigenvalue weighted by Crippen LogP contribution is 2.27. The van der Waals surface area contributed by atoms with E-state index < -0.39 is 18.3 Å². The number of nitrogens with zero attached hydrogens (tertiary/aromatic N) is 4. The zero-order valence-corrected chi connectivity index (χ0v) is 12.6. The number of aliphatic carboxylic acids is 1. The number of rotatable bonds is 5. The van der Waals surface area contributed by atoms with Crippen LogP contribution in [-0.2, 0) is 11.3 Å². The van der Waals surface area contributed by atoms with Gasteiger partial charge in [0.1, 0.15) is 23.9 Å². The fourth-order valence-corrected chi connectivity index (χ4v) is 3.02. The summed E-state index contributed by atoms with van der Waals surface area (Å²) in [5, 5.41) is 13.6. The molecule has 8 heteroatoms. The molecule has 0 aliphatic heterocycles. The number of amidine groups is 1. The molecule has 0 saturated heterocycles. The lowest BCUT2D eigenvalue weighted by Gasteiger charge is -2.09. The van der Waals surface area contributed by atoms with Gasteiger partial charge < -0.3 is 10.8 Å². The van der Waals surface area contributed by atoms with E-state index in [9.17, 15) is 9.18 Å². The fraction of sp³-hybridized carbons (Fsp3) is 0.467. The van der Waals surface area contributed by atoms with Crippen molar-refractivity contribution >= 4 is 22.8 Å². The van der Waals surface area contributed by atoms with Crippen LogP contribution in [0, 0.1) is 11.7 Å². The van der Waals surface area contributed by atoms with Crippen molar-refractivity contribution in [1.29, 1.82) is 0 Å². The maximum Gasteiger partial charge on any atom is 0.325 e. The summed E-state index contributed by atoms with van der Waals surface area (Å²) in [4.78, 5) is 18.5. The van der Waals surface area contributed by atoms with Gasteiger partial charge in [0.15, 0.2) is 5.65 Å². The average molecular weight is 319 g/mol. The highest BCUT2D eigenvalue weighted by atomic mass is 19.1. The molecule has 0 bridgehead atoms. The third-order valence-electron chi connectivity index (χ3n) is 4.09. The van der Waals surface area contributed by atoms with E-state index in [0.717, 1.165) is 19.0 Å². The van der Waals surface area contributed by atoms with Crippen molar-refractivity contribution in [2.75, 3.05) is 6.54 Å². The molecule has 1 aliphatic rings. The molecule has 0 amide bonds. The molecular formula is C15H18FN5O2. The molecule has 0 atom stereocenters. The molecular weight excluding hydrogens is 301 g/mol. The molecule has 3 N–H and O–H groups in total. The lowest BCUT2D eigenvalue weighted by molar-refractivity contribution is -0.135. The van der Waals surface area contributed by atoms with Crippen molar-refractivity contribution < 1.29 is 14.3 Å². The second-order valence-electron chi connectivity index (χ2n) is 5.80. The molecule has 2 aromatic heterocycles. The van der Waals surface area contributed by atoms with Crippen LogP contribution in [0.1, 0.15) is 31.4 Å². The molecule has 3 rings (SSSR count). The van der Waals surface area contributed by atoms with Crippen LogP contribution in [0.15, 0.2) is 17.3 Å². The molecule has 7 nitrogen and oxygen atoms in total. The van der Waals surface area contributed by atoms with Crippen LogP contribution in [0.2, 0.25) is 0 Å². The number of carboxylic acids is 1. The Morgan fingerprint density at radius 1 is 1.48 bits per heavy atom. The van der Waals surface area contributed by atoms with Gasteiger partial charge in [-0.1, -0.05) is 12.8 Å². The first-order valence-electron chi connectivity index (χ1n) is 7.58. The van der Waals surface area contributed by atoms with Gasteiger partial charge in [-0.25, -0.2) is 14.1 Å². The van der Waals surface area contributed by atoms with E-state index in [-0.39, 0.29) is 11.5 Å². The zero-order chi connectivity index (χ0) is 16.4. The Morgan fingerprint density at radius 2 is 2.22 bits per heavy atom. The lowest BCUT2D eigenvalue weighted by atomic mass is 10.1. The van der Waals surface area contributed by atoms with E-state index in [0.29, 0.717) is 23.5 Å². The third kappa shape index (κ3) is 3.30. The number of aliphatic imine (C=N–C) groups is 1. The lowest BCUT2D eigenvalue weighted by Crippen LogP contribution is -2.18. The van der Waals surface area contributed by atoms with Crippen LogP contribution >= 0.6 is 0 Å². The summed E-state index contributed by atoms with van der Waals surface area (Å²) in [6.07, 6.45) is 5.84. The quantitative estimate of drug-likeness (QED) is 0.642. The van der Waals surface area contributed by atoms with Crippen LogP contribution in [-0.4, -0.2) is 38.2 Å². The van der Waals surface area contributed by atoms with Gasteiger partial charge in [-0.3, -0.25) is 9.79 Å². The van der Waals surface area contributed by atoms with Crippen molar-refractivity contribution in [3.8, 4) is 0 Å². The summed E-state index contributed by atoms with van der Waals surface area (Å²) in [6, 6.07) is 1.30. The number of hydrogen-bond acceptors (Lipinski definition) is 4. The first kappa shape index (κ1) is 15.4. The summed E-state index contributed by atoms with van der Waals surface area (Å²) in [6.45, 7) is 0.243. The smallest absolute Gasteiger partial charge is 0.325 e. The number of fused-ring (bicyclic) bond motifs is 1. The Balaban J connectivity index is 2.00. The normalized spacial score (nSPS) is 16.3. The first-order chi connectivity index (χ1) is 11.0. The summed E-state index contributed by atoms with van der Waals surface area (Å²) in [7, 11) is 0. The number of nitrogens with two attached hydrogens (primary N) is 1. The molecule has 122 valence electrons. The Morgan fingerprint density at radius 3 is 2.91 bits per heavy atom. The summed E-state index contributed by atoms with van der Waals surface area (Å²) >= 11 is 0. The number of carbonyl (C=O) groups is 1. The second kappa shape index (κ2) is 6.31.